The summed E-state index contributed by atoms with van der Waals surface area (Å²) in [5, 5.41) is 15.6. The van der Waals surface area contributed by atoms with Crippen LogP contribution in [0.15, 0.2) is 24.3 Å². The zero-order chi connectivity index (χ0) is 15.2. The van der Waals surface area contributed by atoms with Gasteiger partial charge in [-0.2, -0.15) is 0 Å². The van der Waals surface area contributed by atoms with Crippen molar-refractivity contribution in [3.8, 4) is 0 Å². The molecule has 2 rings (SSSR count). The summed E-state index contributed by atoms with van der Waals surface area (Å²) in [6, 6.07) is 6.23. The highest BCUT2D eigenvalue weighted by Gasteiger charge is 2.24. The lowest BCUT2D eigenvalue weighted by atomic mass is 9.92. The molecule has 21 heavy (non-hydrogen) atoms. The zero-order valence-electron chi connectivity index (χ0n) is 11.6. The van der Waals surface area contributed by atoms with Crippen molar-refractivity contribution in [1.29, 1.82) is 0 Å². The second kappa shape index (κ2) is 7.43. The molecule has 1 aliphatic carbocycles. The summed E-state index contributed by atoms with van der Waals surface area (Å²) in [6.07, 6.45) is 2.98. The maximum atomic E-state index is 11.8. The van der Waals surface area contributed by atoms with E-state index in [1.54, 1.807) is 24.3 Å². The summed E-state index contributed by atoms with van der Waals surface area (Å²) in [6.45, 7) is -0.106. The first-order valence-corrected chi connectivity index (χ1v) is 7.45. The average molecular weight is 311 g/mol. The number of rotatable bonds is 4. The first-order valence-electron chi connectivity index (χ1n) is 7.07. The molecule has 1 aliphatic rings. The number of aliphatic hydroxyl groups excluding tert-OH is 1. The number of hydrogen-bond donors (Lipinski definition) is 3. The predicted octanol–water partition coefficient (Wildman–Crippen LogP) is 1.49. The van der Waals surface area contributed by atoms with Gasteiger partial charge in [0.15, 0.2) is 0 Å². The highest BCUT2D eigenvalue weighted by Crippen LogP contribution is 2.18. The minimum Gasteiger partial charge on any atom is -0.391 e. The SMILES string of the molecule is O=C(CNC(=O)c1ccc(Cl)cc1)NC1CCCCC1O. The van der Waals surface area contributed by atoms with Gasteiger partial charge in [0.2, 0.25) is 5.91 Å². The number of halogens is 1. The molecule has 1 fully saturated rings. The van der Waals surface area contributed by atoms with E-state index in [1.807, 2.05) is 0 Å². The Morgan fingerprint density at radius 3 is 2.52 bits per heavy atom. The third-order valence-corrected chi connectivity index (χ3v) is 3.84. The molecule has 0 aliphatic heterocycles. The monoisotopic (exact) mass is 310 g/mol. The van der Waals surface area contributed by atoms with Crippen molar-refractivity contribution in [2.45, 2.75) is 37.8 Å². The van der Waals surface area contributed by atoms with Crippen molar-refractivity contribution < 1.29 is 14.7 Å². The molecular weight excluding hydrogens is 292 g/mol. The van der Waals surface area contributed by atoms with Gasteiger partial charge in [0, 0.05) is 10.6 Å². The highest BCUT2D eigenvalue weighted by atomic mass is 35.5. The molecule has 2 unspecified atom stereocenters. The molecule has 0 spiro atoms. The third-order valence-electron chi connectivity index (χ3n) is 3.59. The normalized spacial score (nSPS) is 21.6. The molecule has 3 N–H and O–H groups in total. The van der Waals surface area contributed by atoms with Gasteiger partial charge in [-0.3, -0.25) is 9.59 Å². The summed E-state index contributed by atoms with van der Waals surface area (Å²) >= 11 is 5.75. The lowest BCUT2D eigenvalue weighted by molar-refractivity contribution is -0.122. The van der Waals surface area contributed by atoms with E-state index in [4.69, 9.17) is 11.6 Å². The van der Waals surface area contributed by atoms with Gasteiger partial charge >= 0.3 is 0 Å². The largest absolute Gasteiger partial charge is 0.391 e. The van der Waals surface area contributed by atoms with Gasteiger partial charge in [-0.25, -0.2) is 0 Å². The highest BCUT2D eigenvalue weighted by molar-refractivity contribution is 6.30. The van der Waals surface area contributed by atoms with Gasteiger partial charge in [0.25, 0.3) is 5.91 Å². The number of benzene rings is 1. The van der Waals surface area contributed by atoms with E-state index >= 15 is 0 Å². The van der Waals surface area contributed by atoms with E-state index in [9.17, 15) is 14.7 Å². The van der Waals surface area contributed by atoms with Crippen molar-refractivity contribution in [3.05, 3.63) is 34.9 Å². The molecule has 1 aromatic rings. The second-order valence-corrected chi connectivity index (χ2v) is 5.65. The van der Waals surface area contributed by atoms with E-state index in [0.717, 1.165) is 19.3 Å². The van der Waals surface area contributed by atoms with Crippen molar-refractivity contribution >= 4 is 23.4 Å². The Morgan fingerprint density at radius 1 is 1.19 bits per heavy atom. The van der Waals surface area contributed by atoms with Crippen LogP contribution in [0.3, 0.4) is 0 Å². The Morgan fingerprint density at radius 2 is 1.86 bits per heavy atom. The van der Waals surface area contributed by atoms with Crippen LogP contribution in [0.25, 0.3) is 0 Å². The Hall–Kier alpha value is -1.59. The second-order valence-electron chi connectivity index (χ2n) is 5.22. The fourth-order valence-electron chi connectivity index (χ4n) is 2.40. The summed E-state index contributed by atoms with van der Waals surface area (Å²) in [5.41, 5.74) is 0.449. The molecule has 5 nitrogen and oxygen atoms in total. The minimum atomic E-state index is -0.491. The number of carbonyl (C=O) groups is 2. The molecule has 2 amide bonds. The predicted molar refractivity (Wildman–Crippen MR) is 80.2 cm³/mol. The van der Waals surface area contributed by atoms with Crippen molar-refractivity contribution in [1.82, 2.24) is 10.6 Å². The smallest absolute Gasteiger partial charge is 0.251 e. The lowest BCUT2D eigenvalue weighted by Gasteiger charge is -2.28. The topological polar surface area (TPSA) is 78.4 Å². The molecule has 2 atom stereocenters. The lowest BCUT2D eigenvalue weighted by Crippen LogP contribution is -2.48. The van der Waals surface area contributed by atoms with E-state index in [-0.39, 0.29) is 24.4 Å². The van der Waals surface area contributed by atoms with Crippen LogP contribution in [0.1, 0.15) is 36.0 Å². The molecule has 6 heteroatoms. The summed E-state index contributed by atoms with van der Waals surface area (Å²) in [5.74, 6) is -0.616. The number of hydrogen-bond acceptors (Lipinski definition) is 3. The van der Waals surface area contributed by atoms with Crippen LogP contribution in [0.2, 0.25) is 5.02 Å². The van der Waals surface area contributed by atoms with Crippen LogP contribution >= 0.6 is 11.6 Å². The molecule has 0 radical (unpaired) electrons. The molecule has 0 saturated heterocycles. The summed E-state index contributed by atoms with van der Waals surface area (Å²) in [7, 11) is 0. The number of nitrogens with one attached hydrogen (secondary N) is 2. The van der Waals surface area contributed by atoms with Gasteiger partial charge in [-0.1, -0.05) is 24.4 Å². The Kier molecular flexibility index (Phi) is 5.59. The van der Waals surface area contributed by atoms with Crippen LogP contribution in [0, 0.1) is 0 Å². The molecule has 114 valence electrons. The van der Waals surface area contributed by atoms with Crippen molar-refractivity contribution in [2.75, 3.05) is 6.54 Å². The van der Waals surface area contributed by atoms with Gasteiger partial charge in [0.1, 0.15) is 0 Å². The number of aliphatic hydroxyl groups is 1. The molecule has 0 bridgehead atoms. The standard InChI is InChI=1S/C15H19ClN2O3/c16-11-7-5-10(6-8-11)15(21)17-9-14(20)18-12-3-1-2-4-13(12)19/h5-8,12-13,19H,1-4,9H2,(H,17,21)(H,18,20). The molecule has 0 aromatic heterocycles. The van der Waals surface area contributed by atoms with Crippen molar-refractivity contribution in [3.63, 3.8) is 0 Å². The molecule has 1 saturated carbocycles. The first-order chi connectivity index (χ1) is 10.1. The van der Waals surface area contributed by atoms with E-state index in [0.29, 0.717) is 17.0 Å². The van der Waals surface area contributed by atoms with Crippen molar-refractivity contribution in [2.24, 2.45) is 0 Å². The Bertz CT molecular complexity index is 504. The Labute approximate surface area is 128 Å². The maximum absolute atomic E-state index is 11.8. The van der Waals surface area contributed by atoms with Crippen LogP contribution < -0.4 is 10.6 Å². The summed E-state index contributed by atoms with van der Waals surface area (Å²) < 4.78 is 0. The van der Waals surface area contributed by atoms with Crippen LogP contribution in [0.4, 0.5) is 0 Å². The third kappa shape index (κ3) is 4.72. The van der Waals surface area contributed by atoms with Gasteiger partial charge in [-0.05, 0) is 37.1 Å². The van der Waals surface area contributed by atoms with Gasteiger partial charge in [-0.15, -0.1) is 0 Å². The first kappa shape index (κ1) is 15.8. The zero-order valence-corrected chi connectivity index (χ0v) is 12.4. The molecule has 0 heterocycles. The van der Waals surface area contributed by atoms with E-state index < -0.39 is 6.10 Å². The fourth-order valence-corrected chi connectivity index (χ4v) is 2.53. The van der Waals surface area contributed by atoms with Gasteiger partial charge in [0.05, 0.1) is 18.7 Å². The Balaban J connectivity index is 1.78. The van der Waals surface area contributed by atoms with Crippen LogP contribution in [0.5, 0.6) is 0 Å². The van der Waals surface area contributed by atoms with Crippen LogP contribution in [-0.2, 0) is 4.79 Å². The molecule has 1 aromatic carbocycles. The number of amides is 2. The maximum Gasteiger partial charge on any atom is 0.251 e. The average Bonchev–Trinajstić information content (AvgIpc) is 2.48. The molecular formula is C15H19ClN2O3. The van der Waals surface area contributed by atoms with Gasteiger partial charge < -0.3 is 15.7 Å². The quantitative estimate of drug-likeness (QED) is 0.788. The van der Waals surface area contributed by atoms with E-state index in [2.05, 4.69) is 10.6 Å². The number of carbonyl (C=O) groups excluding carboxylic acids is 2. The summed E-state index contributed by atoms with van der Waals surface area (Å²) in [4.78, 5) is 23.6. The fraction of sp³-hybridized carbons (Fsp3) is 0.467. The van der Waals surface area contributed by atoms with E-state index in [1.165, 1.54) is 0 Å². The minimum absolute atomic E-state index is 0.106. The van der Waals surface area contributed by atoms with Crippen LogP contribution in [-0.4, -0.2) is 35.6 Å².